The van der Waals surface area contributed by atoms with Gasteiger partial charge in [-0.05, 0) is 30.2 Å². The lowest BCUT2D eigenvalue weighted by Gasteiger charge is -2.29. The third kappa shape index (κ3) is 3.10. The van der Waals surface area contributed by atoms with Gasteiger partial charge >= 0.3 is 0 Å². The number of carbonyl (C=O) groups excluding carboxylic acids is 3. The number of imide groups is 1. The summed E-state index contributed by atoms with van der Waals surface area (Å²) < 4.78 is 1.78. The van der Waals surface area contributed by atoms with Crippen molar-refractivity contribution in [2.45, 2.75) is 25.4 Å². The molecule has 4 N–H and O–H groups in total. The maximum atomic E-state index is 12.8. The number of imidazole rings is 1. The number of amides is 3. The number of hydrogen-bond donors (Lipinski definition) is 3. The van der Waals surface area contributed by atoms with E-state index in [1.165, 1.54) is 11.0 Å². The van der Waals surface area contributed by atoms with Crippen molar-refractivity contribution in [1.82, 2.24) is 19.8 Å². The van der Waals surface area contributed by atoms with E-state index in [1.54, 1.807) is 23.0 Å². The molecular formula is C20H20N6O3. The normalized spacial score (nSPS) is 19.3. The van der Waals surface area contributed by atoms with Crippen molar-refractivity contribution in [1.29, 1.82) is 5.41 Å². The van der Waals surface area contributed by atoms with Crippen molar-refractivity contribution in [2.75, 3.05) is 0 Å². The van der Waals surface area contributed by atoms with Crippen LogP contribution in [0.15, 0.2) is 30.6 Å². The van der Waals surface area contributed by atoms with Gasteiger partial charge in [-0.25, -0.2) is 4.98 Å². The number of aromatic nitrogens is 2. The van der Waals surface area contributed by atoms with Crippen LogP contribution in [0.2, 0.25) is 0 Å². The smallest absolute Gasteiger partial charge is 0.255 e. The van der Waals surface area contributed by atoms with E-state index >= 15 is 0 Å². The van der Waals surface area contributed by atoms with Crippen molar-refractivity contribution in [3.8, 4) is 11.3 Å². The van der Waals surface area contributed by atoms with E-state index in [2.05, 4.69) is 10.3 Å². The zero-order valence-electron chi connectivity index (χ0n) is 15.8. The Bertz CT molecular complexity index is 1080. The molecule has 1 unspecified atom stereocenters. The van der Waals surface area contributed by atoms with Crippen LogP contribution in [0.5, 0.6) is 0 Å². The zero-order valence-corrected chi connectivity index (χ0v) is 15.8. The molecule has 2 aliphatic rings. The fourth-order valence-electron chi connectivity index (χ4n) is 3.87. The first-order chi connectivity index (χ1) is 13.9. The van der Waals surface area contributed by atoms with Crippen molar-refractivity contribution in [2.24, 2.45) is 12.8 Å². The van der Waals surface area contributed by atoms with Crippen molar-refractivity contribution < 1.29 is 14.4 Å². The molecule has 2 aromatic rings. The molecule has 29 heavy (non-hydrogen) atoms. The minimum atomic E-state index is -0.646. The summed E-state index contributed by atoms with van der Waals surface area (Å²) in [6.45, 7) is 0.294. The van der Waals surface area contributed by atoms with Crippen LogP contribution >= 0.6 is 0 Å². The predicted molar refractivity (Wildman–Crippen MR) is 106 cm³/mol. The highest BCUT2D eigenvalue weighted by atomic mass is 16.2. The summed E-state index contributed by atoms with van der Waals surface area (Å²) in [5, 5.41) is 9.55. The van der Waals surface area contributed by atoms with Crippen LogP contribution in [0.1, 0.15) is 34.5 Å². The molecule has 1 saturated heterocycles. The summed E-state index contributed by atoms with van der Waals surface area (Å²) in [5.41, 5.74) is 9.96. The lowest BCUT2D eigenvalue weighted by molar-refractivity contribution is -0.136. The Labute approximate surface area is 166 Å². The molecule has 0 saturated carbocycles. The van der Waals surface area contributed by atoms with Gasteiger partial charge in [0.2, 0.25) is 11.8 Å². The molecule has 9 heteroatoms. The third-order valence-corrected chi connectivity index (χ3v) is 5.27. The van der Waals surface area contributed by atoms with Gasteiger partial charge in [0.15, 0.2) is 0 Å². The molecule has 0 spiro atoms. The monoisotopic (exact) mass is 392 g/mol. The van der Waals surface area contributed by atoms with Crippen LogP contribution in [0.4, 0.5) is 0 Å². The topological polar surface area (TPSA) is 134 Å². The van der Waals surface area contributed by atoms with E-state index in [0.29, 0.717) is 35.6 Å². The first kappa shape index (κ1) is 18.6. The largest absolute Gasteiger partial charge is 0.397 e. The lowest BCUT2D eigenvalue weighted by Crippen LogP contribution is -2.52. The van der Waals surface area contributed by atoms with E-state index < -0.39 is 11.9 Å². The molecule has 0 radical (unpaired) electrons. The van der Waals surface area contributed by atoms with Gasteiger partial charge in [-0.1, -0.05) is 6.07 Å². The summed E-state index contributed by atoms with van der Waals surface area (Å²) in [4.78, 5) is 42.3. The maximum Gasteiger partial charge on any atom is 0.255 e. The van der Waals surface area contributed by atoms with E-state index in [0.717, 1.165) is 17.3 Å². The summed E-state index contributed by atoms with van der Waals surface area (Å²) in [7, 11) is 1.82. The number of piperidine rings is 1. The molecule has 0 aliphatic carbocycles. The number of nitrogens with zero attached hydrogens (tertiary/aromatic N) is 3. The van der Waals surface area contributed by atoms with Crippen LogP contribution in [-0.4, -0.2) is 44.4 Å². The van der Waals surface area contributed by atoms with Gasteiger partial charge < -0.3 is 20.6 Å². The first-order valence-electron chi connectivity index (χ1n) is 9.16. The summed E-state index contributed by atoms with van der Waals surface area (Å²) in [6.07, 6.45) is 4.79. The highest BCUT2D eigenvalue weighted by Gasteiger charge is 2.39. The Kier molecular flexibility index (Phi) is 4.50. The van der Waals surface area contributed by atoms with E-state index in [1.807, 2.05) is 13.1 Å². The predicted octanol–water partition coefficient (Wildman–Crippen LogP) is 0.797. The molecule has 2 aliphatic heterocycles. The molecule has 1 aromatic heterocycles. The van der Waals surface area contributed by atoms with Gasteiger partial charge in [0.25, 0.3) is 5.91 Å². The number of hydrogen-bond acceptors (Lipinski definition) is 6. The minimum absolute atomic E-state index is 0.217. The quantitative estimate of drug-likeness (QED) is 0.523. The van der Waals surface area contributed by atoms with Crippen molar-refractivity contribution in [3.63, 3.8) is 0 Å². The second-order valence-electron chi connectivity index (χ2n) is 7.11. The van der Waals surface area contributed by atoms with Crippen LogP contribution in [0.3, 0.4) is 0 Å². The second kappa shape index (κ2) is 7.01. The standard InChI is InChI=1S/C20H20N6O3/c1-25-10-23-17(18(25)14(22)6-7-21)11-2-3-13-12(8-11)9-26(20(13)29)15-4-5-16(27)24-19(15)28/h2-3,6-8,10,15,21H,4-5,9,22H2,1H3,(H,24,27,28)/b14-6-,21-7?. The molecule has 1 fully saturated rings. The fraction of sp³-hybridized carbons (Fsp3) is 0.250. The number of fused-ring (bicyclic) bond motifs is 1. The van der Waals surface area contributed by atoms with Crippen LogP contribution in [0.25, 0.3) is 17.0 Å². The highest BCUT2D eigenvalue weighted by Crippen LogP contribution is 2.32. The summed E-state index contributed by atoms with van der Waals surface area (Å²) in [6, 6.07) is 4.76. The number of aryl methyl sites for hydroxylation is 1. The summed E-state index contributed by atoms with van der Waals surface area (Å²) >= 11 is 0. The molecule has 3 heterocycles. The maximum absolute atomic E-state index is 12.8. The Morgan fingerprint density at radius 2 is 2.14 bits per heavy atom. The van der Waals surface area contributed by atoms with Gasteiger partial charge in [0, 0.05) is 37.4 Å². The van der Waals surface area contributed by atoms with Crippen molar-refractivity contribution in [3.05, 3.63) is 47.4 Å². The van der Waals surface area contributed by atoms with E-state index in [9.17, 15) is 14.4 Å². The SMILES string of the molecule is Cn1cnc(-c2ccc3c(c2)CN(C2CCC(=O)NC2=O)C3=O)c1/C(N)=C/C=N. The molecular weight excluding hydrogens is 372 g/mol. The van der Waals surface area contributed by atoms with Gasteiger partial charge in [-0.2, -0.15) is 0 Å². The van der Waals surface area contributed by atoms with Crippen LogP contribution < -0.4 is 11.1 Å². The number of rotatable bonds is 4. The van der Waals surface area contributed by atoms with Crippen molar-refractivity contribution >= 4 is 29.6 Å². The molecule has 148 valence electrons. The molecule has 3 amide bonds. The number of nitrogens with one attached hydrogen (secondary N) is 2. The number of benzene rings is 1. The molecule has 4 rings (SSSR count). The fourth-order valence-corrected chi connectivity index (χ4v) is 3.87. The molecule has 0 bridgehead atoms. The summed E-state index contributed by atoms with van der Waals surface area (Å²) in [5.74, 6) is -0.958. The van der Waals surface area contributed by atoms with E-state index in [4.69, 9.17) is 11.1 Å². The zero-order chi connectivity index (χ0) is 20.7. The van der Waals surface area contributed by atoms with Gasteiger partial charge in [-0.3, -0.25) is 19.7 Å². The second-order valence-corrected chi connectivity index (χ2v) is 7.11. The molecule has 1 aromatic carbocycles. The first-order valence-corrected chi connectivity index (χ1v) is 9.16. The third-order valence-electron chi connectivity index (χ3n) is 5.27. The number of allylic oxidation sites excluding steroid dienone is 1. The Balaban J connectivity index is 1.67. The lowest BCUT2D eigenvalue weighted by atomic mass is 10.0. The van der Waals surface area contributed by atoms with Gasteiger partial charge in [0.1, 0.15) is 6.04 Å². The van der Waals surface area contributed by atoms with Gasteiger partial charge in [0.05, 0.1) is 23.4 Å². The average Bonchev–Trinajstić information content (AvgIpc) is 3.22. The minimum Gasteiger partial charge on any atom is -0.397 e. The highest BCUT2D eigenvalue weighted by molar-refractivity contribution is 6.05. The Morgan fingerprint density at radius 1 is 1.34 bits per heavy atom. The average molecular weight is 392 g/mol. The van der Waals surface area contributed by atoms with E-state index in [-0.39, 0.29) is 18.2 Å². The Morgan fingerprint density at radius 3 is 2.86 bits per heavy atom. The molecule has 9 nitrogen and oxygen atoms in total. The Hall–Kier alpha value is -3.75. The number of nitrogens with two attached hydrogens (primary N) is 1. The molecule has 1 atom stereocenters. The van der Waals surface area contributed by atoms with Gasteiger partial charge in [-0.15, -0.1) is 0 Å². The number of carbonyl (C=O) groups is 3. The van der Waals surface area contributed by atoms with Crippen LogP contribution in [-0.2, 0) is 23.2 Å². The van der Waals surface area contributed by atoms with Crippen LogP contribution in [0, 0.1) is 5.41 Å².